The lowest BCUT2D eigenvalue weighted by Gasteiger charge is -2.13. The number of rotatable bonds is 3. The number of aromatic nitrogens is 1. The van der Waals surface area contributed by atoms with Crippen LogP contribution in [0.4, 0.5) is 13.2 Å². The van der Waals surface area contributed by atoms with Gasteiger partial charge in [0.25, 0.3) is 0 Å². The van der Waals surface area contributed by atoms with E-state index in [2.05, 4.69) is 9.72 Å². The van der Waals surface area contributed by atoms with Crippen molar-refractivity contribution in [2.75, 3.05) is 7.11 Å². The van der Waals surface area contributed by atoms with Crippen LogP contribution >= 0.6 is 0 Å². The van der Waals surface area contributed by atoms with E-state index in [0.29, 0.717) is 0 Å². The van der Waals surface area contributed by atoms with E-state index in [1.54, 1.807) is 0 Å². The molecule has 8 heteroatoms. The smallest absolute Gasteiger partial charge is 0.494 e. The summed E-state index contributed by atoms with van der Waals surface area (Å²) in [6, 6.07) is 0. The third-order valence-electron chi connectivity index (χ3n) is 1.89. The Hall–Kier alpha value is -1.99. The Bertz CT molecular complexity index is 445. The third-order valence-corrected chi connectivity index (χ3v) is 1.89. The summed E-state index contributed by atoms with van der Waals surface area (Å²) >= 11 is 0. The number of pyridine rings is 1. The minimum atomic E-state index is -4.93. The molecule has 0 saturated carbocycles. The number of halogens is 3. The van der Waals surface area contributed by atoms with Crippen molar-refractivity contribution in [3.63, 3.8) is 0 Å². The molecule has 0 aliphatic rings. The zero-order valence-electron chi connectivity index (χ0n) is 8.83. The molecular formula is C9H8F3NO4. The second kappa shape index (κ2) is 4.48. The predicted molar refractivity (Wildman–Crippen MR) is 49.2 cm³/mol. The minimum Gasteiger partial charge on any atom is -0.494 e. The highest BCUT2D eigenvalue weighted by atomic mass is 19.4. The average molecular weight is 251 g/mol. The third kappa shape index (κ3) is 2.99. The van der Waals surface area contributed by atoms with Gasteiger partial charge in [0, 0.05) is 5.56 Å². The first-order valence-electron chi connectivity index (χ1n) is 4.29. The van der Waals surface area contributed by atoms with Crippen LogP contribution in [0, 0.1) is 6.92 Å². The molecule has 0 saturated heterocycles. The normalized spacial score (nSPS) is 11.1. The van der Waals surface area contributed by atoms with Crippen LogP contribution in [0.3, 0.4) is 0 Å². The Kier molecular flexibility index (Phi) is 3.45. The fraction of sp³-hybridized carbons (Fsp3) is 0.333. The van der Waals surface area contributed by atoms with E-state index in [9.17, 15) is 18.0 Å². The zero-order chi connectivity index (χ0) is 13.2. The number of aromatic carboxylic acids is 1. The molecule has 0 fully saturated rings. The summed E-state index contributed by atoms with van der Waals surface area (Å²) in [4.78, 5) is 14.2. The van der Waals surface area contributed by atoms with Gasteiger partial charge < -0.3 is 14.6 Å². The van der Waals surface area contributed by atoms with Gasteiger partial charge in [-0.15, -0.1) is 13.2 Å². The molecule has 17 heavy (non-hydrogen) atoms. The van der Waals surface area contributed by atoms with Crippen molar-refractivity contribution in [3.05, 3.63) is 17.3 Å². The van der Waals surface area contributed by atoms with Gasteiger partial charge in [0.1, 0.15) is 5.56 Å². The van der Waals surface area contributed by atoms with Crippen LogP contribution in [-0.4, -0.2) is 29.5 Å². The first kappa shape index (κ1) is 13.1. The Morgan fingerprint density at radius 3 is 2.47 bits per heavy atom. The maximum absolute atomic E-state index is 12.0. The molecule has 5 nitrogen and oxygen atoms in total. The van der Waals surface area contributed by atoms with Gasteiger partial charge >= 0.3 is 12.3 Å². The molecule has 1 aromatic rings. The van der Waals surface area contributed by atoms with E-state index in [0.717, 1.165) is 13.1 Å². The maximum Gasteiger partial charge on any atom is 0.574 e. The Labute approximate surface area is 93.8 Å². The molecule has 1 N–H and O–H groups in total. The van der Waals surface area contributed by atoms with Crippen LogP contribution in [0.1, 0.15) is 15.9 Å². The number of hydrogen-bond acceptors (Lipinski definition) is 4. The van der Waals surface area contributed by atoms with E-state index < -0.39 is 23.8 Å². The molecule has 1 heterocycles. The fourth-order valence-corrected chi connectivity index (χ4v) is 1.20. The molecule has 1 aromatic heterocycles. The summed E-state index contributed by atoms with van der Waals surface area (Å²) in [7, 11) is 1.19. The molecule has 0 atom stereocenters. The second-order valence-corrected chi connectivity index (χ2v) is 2.98. The van der Waals surface area contributed by atoms with Gasteiger partial charge in [-0.2, -0.15) is 0 Å². The topological polar surface area (TPSA) is 68.7 Å². The van der Waals surface area contributed by atoms with E-state index in [1.165, 1.54) is 7.11 Å². The summed E-state index contributed by atoms with van der Waals surface area (Å²) in [5.41, 5.74) is -0.670. The van der Waals surface area contributed by atoms with Crippen molar-refractivity contribution >= 4 is 5.97 Å². The van der Waals surface area contributed by atoms with E-state index in [1.807, 2.05) is 0 Å². The van der Waals surface area contributed by atoms with Crippen LogP contribution in [0.15, 0.2) is 6.20 Å². The molecule has 0 bridgehead atoms. The zero-order valence-corrected chi connectivity index (χ0v) is 8.83. The van der Waals surface area contributed by atoms with Crippen molar-refractivity contribution in [2.45, 2.75) is 13.3 Å². The van der Waals surface area contributed by atoms with Crippen molar-refractivity contribution in [2.24, 2.45) is 0 Å². The summed E-state index contributed by atoms with van der Waals surface area (Å²) in [6.07, 6.45) is -4.07. The Balaban J connectivity index is 3.28. The average Bonchev–Trinajstić information content (AvgIpc) is 2.18. The molecule has 94 valence electrons. The molecule has 0 aliphatic carbocycles. The van der Waals surface area contributed by atoms with Crippen molar-refractivity contribution < 1.29 is 32.5 Å². The molecule has 0 unspecified atom stereocenters. The molecule has 0 radical (unpaired) electrons. The van der Waals surface area contributed by atoms with Gasteiger partial charge in [0.05, 0.1) is 13.3 Å². The van der Waals surface area contributed by atoms with Crippen molar-refractivity contribution in [1.29, 1.82) is 0 Å². The number of carbonyl (C=O) groups is 1. The lowest BCUT2D eigenvalue weighted by Crippen LogP contribution is -2.19. The minimum absolute atomic E-state index is 0.135. The quantitative estimate of drug-likeness (QED) is 0.889. The number of methoxy groups -OCH3 is 1. The Morgan fingerprint density at radius 2 is 2.06 bits per heavy atom. The molecule has 0 amide bonds. The first-order valence-corrected chi connectivity index (χ1v) is 4.29. The van der Waals surface area contributed by atoms with Crippen molar-refractivity contribution in [3.8, 4) is 11.6 Å². The van der Waals surface area contributed by atoms with E-state index >= 15 is 0 Å². The molecular weight excluding hydrogens is 243 g/mol. The number of ether oxygens (including phenoxy) is 2. The van der Waals surface area contributed by atoms with Gasteiger partial charge in [0.2, 0.25) is 5.88 Å². The molecule has 0 aliphatic heterocycles. The number of alkyl halides is 3. The van der Waals surface area contributed by atoms with Gasteiger partial charge in [-0.25, -0.2) is 9.78 Å². The van der Waals surface area contributed by atoms with Crippen LogP contribution in [0.5, 0.6) is 11.6 Å². The molecule has 1 rings (SSSR count). The second-order valence-electron chi connectivity index (χ2n) is 2.98. The highest BCUT2D eigenvalue weighted by Crippen LogP contribution is 2.30. The molecule has 0 spiro atoms. The molecule has 0 aromatic carbocycles. The largest absolute Gasteiger partial charge is 0.574 e. The van der Waals surface area contributed by atoms with Gasteiger partial charge in [-0.05, 0) is 6.92 Å². The maximum atomic E-state index is 12.0. The first-order chi connectivity index (χ1) is 7.76. The fourth-order valence-electron chi connectivity index (χ4n) is 1.20. The number of carboxylic acids is 1. The van der Waals surface area contributed by atoms with E-state index in [-0.39, 0.29) is 11.3 Å². The van der Waals surface area contributed by atoms with E-state index in [4.69, 9.17) is 9.84 Å². The SMILES string of the molecule is COc1cnc(OC(F)(F)F)c(C)c1C(=O)O. The van der Waals surface area contributed by atoms with Crippen LogP contribution < -0.4 is 9.47 Å². The van der Waals surface area contributed by atoms with Gasteiger partial charge in [-0.3, -0.25) is 0 Å². The highest BCUT2D eigenvalue weighted by Gasteiger charge is 2.33. The van der Waals surface area contributed by atoms with Crippen LogP contribution in [0.25, 0.3) is 0 Å². The number of carboxylic acid groups (broad SMARTS) is 1. The van der Waals surface area contributed by atoms with Gasteiger partial charge in [0.15, 0.2) is 5.75 Å². The number of nitrogens with zero attached hydrogens (tertiary/aromatic N) is 1. The highest BCUT2D eigenvalue weighted by molar-refractivity contribution is 5.93. The van der Waals surface area contributed by atoms with Crippen molar-refractivity contribution in [1.82, 2.24) is 4.98 Å². The summed E-state index contributed by atoms with van der Waals surface area (Å²) in [5.74, 6) is -2.37. The number of hydrogen-bond donors (Lipinski definition) is 1. The van der Waals surface area contributed by atoms with Crippen LogP contribution in [0.2, 0.25) is 0 Å². The predicted octanol–water partition coefficient (Wildman–Crippen LogP) is 2.00. The summed E-state index contributed by atoms with van der Waals surface area (Å²) in [5, 5.41) is 8.86. The lowest BCUT2D eigenvalue weighted by molar-refractivity contribution is -0.276. The standard InChI is InChI=1S/C9H8F3NO4/c1-4-6(8(14)15)5(16-2)3-13-7(4)17-9(10,11)12/h3H,1-2H3,(H,14,15). The summed E-state index contributed by atoms with van der Waals surface area (Å²) in [6.45, 7) is 1.15. The van der Waals surface area contributed by atoms with Gasteiger partial charge in [-0.1, -0.05) is 0 Å². The van der Waals surface area contributed by atoms with Crippen LogP contribution in [-0.2, 0) is 0 Å². The lowest BCUT2D eigenvalue weighted by atomic mass is 10.1. The summed E-state index contributed by atoms with van der Waals surface area (Å²) < 4.78 is 44.3. The Morgan fingerprint density at radius 1 is 1.47 bits per heavy atom. The monoisotopic (exact) mass is 251 g/mol.